The number of anilines is 1. The van der Waals surface area contributed by atoms with Gasteiger partial charge in [0.05, 0.1) is 11.4 Å². The van der Waals surface area contributed by atoms with E-state index in [1.807, 2.05) is 43.3 Å². The molecular weight excluding hydrogens is 218 g/mol. The average molecular weight is 231 g/mol. The number of carboxylic acids is 1. The van der Waals surface area contributed by atoms with E-state index in [2.05, 4.69) is 10.4 Å². The van der Waals surface area contributed by atoms with Crippen LogP contribution in [0.5, 0.6) is 0 Å². The van der Waals surface area contributed by atoms with Gasteiger partial charge in [-0.3, -0.25) is 4.79 Å². The lowest BCUT2D eigenvalue weighted by Gasteiger charge is -2.07. The summed E-state index contributed by atoms with van der Waals surface area (Å²) < 4.78 is 1.69. The Morgan fingerprint density at radius 2 is 2.12 bits per heavy atom. The molecule has 1 heterocycles. The number of nitrogens with one attached hydrogen (secondary N) is 1. The third-order valence-electron chi connectivity index (χ3n) is 2.25. The summed E-state index contributed by atoms with van der Waals surface area (Å²) in [5, 5.41) is 15.8. The summed E-state index contributed by atoms with van der Waals surface area (Å²) >= 11 is 0. The summed E-state index contributed by atoms with van der Waals surface area (Å²) in [6, 6.07) is 11.4. The highest BCUT2D eigenvalue weighted by molar-refractivity contribution is 5.72. The predicted molar refractivity (Wildman–Crippen MR) is 64.4 cm³/mol. The molecule has 0 atom stereocenters. The van der Waals surface area contributed by atoms with E-state index in [0.29, 0.717) is 5.82 Å². The quantitative estimate of drug-likeness (QED) is 0.840. The van der Waals surface area contributed by atoms with E-state index < -0.39 is 5.97 Å². The standard InChI is InChI=1S/C12H13N3O2/c1-9-7-11(13-8-12(16)17)15(14-9)10-5-3-2-4-6-10/h2-7,13H,8H2,1H3,(H,16,17). The van der Waals surface area contributed by atoms with Crippen molar-refractivity contribution in [1.82, 2.24) is 9.78 Å². The Bertz CT molecular complexity index is 520. The molecule has 1 aromatic carbocycles. The SMILES string of the molecule is Cc1cc(NCC(=O)O)n(-c2ccccc2)n1. The van der Waals surface area contributed by atoms with Crippen LogP contribution < -0.4 is 5.32 Å². The fourth-order valence-corrected chi connectivity index (χ4v) is 1.56. The van der Waals surface area contributed by atoms with Gasteiger partial charge in [-0.25, -0.2) is 4.68 Å². The van der Waals surface area contributed by atoms with E-state index >= 15 is 0 Å². The largest absolute Gasteiger partial charge is 0.480 e. The molecule has 2 N–H and O–H groups in total. The van der Waals surface area contributed by atoms with Crippen LogP contribution in [0.2, 0.25) is 0 Å². The van der Waals surface area contributed by atoms with Crippen LogP contribution in [0.4, 0.5) is 5.82 Å². The molecule has 0 saturated carbocycles. The first-order chi connectivity index (χ1) is 8.16. The second-order valence-corrected chi connectivity index (χ2v) is 3.67. The number of rotatable bonds is 4. The summed E-state index contributed by atoms with van der Waals surface area (Å²) in [5.41, 5.74) is 1.73. The van der Waals surface area contributed by atoms with Gasteiger partial charge in [-0.1, -0.05) is 18.2 Å². The summed E-state index contributed by atoms with van der Waals surface area (Å²) in [5.74, 6) is -0.223. The minimum Gasteiger partial charge on any atom is -0.480 e. The molecule has 1 aromatic heterocycles. The van der Waals surface area contributed by atoms with Crippen LogP contribution in [-0.2, 0) is 4.79 Å². The molecule has 88 valence electrons. The number of aromatic nitrogens is 2. The molecule has 0 unspecified atom stereocenters. The molecule has 2 rings (SSSR count). The van der Waals surface area contributed by atoms with Gasteiger partial charge < -0.3 is 10.4 Å². The summed E-state index contributed by atoms with van der Waals surface area (Å²) in [4.78, 5) is 10.5. The first-order valence-corrected chi connectivity index (χ1v) is 5.24. The zero-order valence-electron chi connectivity index (χ0n) is 9.42. The van der Waals surface area contributed by atoms with Crippen molar-refractivity contribution < 1.29 is 9.90 Å². The van der Waals surface area contributed by atoms with Crippen LogP contribution in [-0.4, -0.2) is 27.4 Å². The Hall–Kier alpha value is -2.30. The summed E-state index contributed by atoms with van der Waals surface area (Å²) in [6.07, 6.45) is 0. The lowest BCUT2D eigenvalue weighted by Crippen LogP contribution is -2.15. The highest BCUT2D eigenvalue weighted by Crippen LogP contribution is 2.16. The minimum absolute atomic E-state index is 0.127. The molecule has 17 heavy (non-hydrogen) atoms. The molecule has 0 aliphatic heterocycles. The van der Waals surface area contributed by atoms with E-state index in [4.69, 9.17) is 5.11 Å². The van der Waals surface area contributed by atoms with Crippen molar-refractivity contribution in [2.24, 2.45) is 0 Å². The predicted octanol–water partition coefficient (Wildman–Crippen LogP) is 1.68. The van der Waals surface area contributed by atoms with Crippen molar-refractivity contribution in [3.8, 4) is 5.69 Å². The molecular formula is C12H13N3O2. The molecule has 0 fully saturated rings. The van der Waals surface area contributed by atoms with Gasteiger partial charge in [-0.2, -0.15) is 5.10 Å². The smallest absolute Gasteiger partial charge is 0.322 e. The van der Waals surface area contributed by atoms with E-state index in [-0.39, 0.29) is 6.54 Å². The van der Waals surface area contributed by atoms with Crippen LogP contribution in [0.15, 0.2) is 36.4 Å². The molecule has 0 radical (unpaired) electrons. The van der Waals surface area contributed by atoms with Gasteiger partial charge in [-0.05, 0) is 19.1 Å². The first-order valence-electron chi connectivity index (χ1n) is 5.24. The van der Waals surface area contributed by atoms with Crippen LogP contribution in [0.25, 0.3) is 5.69 Å². The molecule has 5 heteroatoms. The summed E-state index contributed by atoms with van der Waals surface area (Å²) in [7, 11) is 0. The van der Waals surface area contributed by atoms with Gasteiger partial charge in [0.25, 0.3) is 0 Å². The fourth-order valence-electron chi connectivity index (χ4n) is 1.56. The van der Waals surface area contributed by atoms with Gasteiger partial charge in [0, 0.05) is 6.07 Å². The maximum Gasteiger partial charge on any atom is 0.322 e. The van der Waals surface area contributed by atoms with E-state index in [1.165, 1.54) is 0 Å². The second-order valence-electron chi connectivity index (χ2n) is 3.67. The fraction of sp³-hybridized carbons (Fsp3) is 0.167. The van der Waals surface area contributed by atoms with E-state index in [1.54, 1.807) is 4.68 Å². The molecule has 0 bridgehead atoms. The van der Waals surface area contributed by atoms with Crippen LogP contribution >= 0.6 is 0 Å². The third kappa shape index (κ3) is 2.63. The molecule has 0 spiro atoms. The Labute approximate surface area is 98.7 Å². The number of aryl methyl sites for hydroxylation is 1. The van der Waals surface area contributed by atoms with Crippen molar-refractivity contribution in [3.63, 3.8) is 0 Å². The Morgan fingerprint density at radius 1 is 1.41 bits per heavy atom. The van der Waals surface area contributed by atoms with E-state index in [0.717, 1.165) is 11.4 Å². The zero-order chi connectivity index (χ0) is 12.3. The molecule has 0 aliphatic carbocycles. The average Bonchev–Trinajstić information content (AvgIpc) is 2.69. The Balaban J connectivity index is 2.31. The monoisotopic (exact) mass is 231 g/mol. The Morgan fingerprint density at radius 3 is 2.76 bits per heavy atom. The lowest BCUT2D eigenvalue weighted by atomic mass is 10.3. The Kier molecular flexibility index (Phi) is 3.09. The van der Waals surface area contributed by atoms with Crippen LogP contribution in [0.3, 0.4) is 0 Å². The lowest BCUT2D eigenvalue weighted by molar-refractivity contribution is -0.134. The minimum atomic E-state index is -0.900. The van der Waals surface area contributed by atoms with Gasteiger partial charge in [0.15, 0.2) is 0 Å². The number of aliphatic carboxylic acids is 1. The van der Waals surface area contributed by atoms with Crippen molar-refractivity contribution in [3.05, 3.63) is 42.1 Å². The second kappa shape index (κ2) is 4.69. The van der Waals surface area contributed by atoms with Crippen molar-refractivity contribution in [1.29, 1.82) is 0 Å². The number of hydrogen-bond acceptors (Lipinski definition) is 3. The van der Waals surface area contributed by atoms with Crippen molar-refractivity contribution >= 4 is 11.8 Å². The molecule has 0 aliphatic rings. The molecule has 2 aromatic rings. The van der Waals surface area contributed by atoms with Gasteiger partial charge in [-0.15, -0.1) is 0 Å². The summed E-state index contributed by atoms with van der Waals surface area (Å²) in [6.45, 7) is 1.74. The number of benzene rings is 1. The number of carboxylic acid groups (broad SMARTS) is 1. The maximum atomic E-state index is 10.5. The van der Waals surface area contributed by atoms with E-state index in [9.17, 15) is 4.79 Å². The number of nitrogens with zero attached hydrogens (tertiary/aromatic N) is 2. The number of para-hydroxylation sites is 1. The molecule has 0 saturated heterocycles. The third-order valence-corrected chi connectivity index (χ3v) is 2.25. The zero-order valence-corrected chi connectivity index (χ0v) is 9.42. The first kappa shape index (κ1) is 11.2. The maximum absolute atomic E-state index is 10.5. The highest BCUT2D eigenvalue weighted by Gasteiger charge is 2.07. The van der Waals surface area contributed by atoms with Crippen LogP contribution in [0.1, 0.15) is 5.69 Å². The number of hydrogen-bond donors (Lipinski definition) is 2. The topological polar surface area (TPSA) is 67.2 Å². The van der Waals surface area contributed by atoms with Crippen molar-refractivity contribution in [2.45, 2.75) is 6.92 Å². The number of carbonyl (C=O) groups is 1. The highest BCUT2D eigenvalue weighted by atomic mass is 16.4. The van der Waals surface area contributed by atoms with Crippen molar-refractivity contribution in [2.75, 3.05) is 11.9 Å². The molecule has 0 amide bonds. The normalized spacial score (nSPS) is 10.2. The van der Waals surface area contributed by atoms with Gasteiger partial charge in [0.1, 0.15) is 12.4 Å². The van der Waals surface area contributed by atoms with Crippen LogP contribution in [0, 0.1) is 6.92 Å². The molecule has 5 nitrogen and oxygen atoms in total. The van der Waals surface area contributed by atoms with Gasteiger partial charge >= 0.3 is 5.97 Å². The van der Waals surface area contributed by atoms with Gasteiger partial charge in [0.2, 0.25) is 0 Å².